The summed E-state index contributed by atoms with van der Waals surface area (Å²) in [5, 5.41) is 3.67. The molecule has 46 heavy (non-hydrogen) atoms. The Morgan fingerprint density at radius 1 is 1.02 bits per heavy atom. The van der Waals surface area contributed by atoms with Gasteiger partial charge in [-0.2, -0.15) is 0 Å². The molecule has 0 unspecified atom stereocenters. The number of aryl methyl sites for hydroxylation is 2. The number of aromatic nitrogens is 4. The van der Waals surface area contributed by atoms with E-state index in [9.17, 15) is 9.18 Å². The molecule has 0 aliphatic heterocycles. The Kier molecular flexibility index (Phi) is 12.2. The number of hydrogen-bond acceptors (Lipinski definition) is 7. The Morgan fingerprint density at radius 2 is 1.83 bits per heavy atom. The Bertz CT molecular complexity index is 1910. The molecule has 8 nitrogen and oxygen atoms in total. The number of anilines is 2. The monoisotopic (exact) mass is 660 g/mol. The van der Waals surface area contributed by atoms with Crippen molar-refractivity contribution in [2.75, 3.05) is 25.6 Å². The number of methoxy groups -OCH3 is 1. The highest BCUT2D eigenvalue weighted by Gasteiger charge is 2.12. The molecule has 0 bridgehead atoms. The quantitative estimate of drug-likeness (QED) is 0.169. The Balaban J connectivity index is 0.000000204. The van der Waals surface area contributed by atoms with Crippen LogP contribution in [0.4, 0.5) is 16.0 Å². The molecule has 0 atom stereocenters. The number of amides is 1. The van der Waals surface area contributed by atoms with E-state index in [1.54, 1.807) is 61.5 Å². The van der Waals surface area contributed by atoms with Crippen molar-refractivity contribution in [3.05, 3.63) is 101 Å². The number of halogens is 2. The molecule has 4 aromatic heterocycles. The van der Waals surface area contributed by atoms with E-state index in [4.69, 9.17) is 16.3 Å². The van der Waals surface area contributed by atoms with E-state index in [2.05, 4.69) is 38.2 Å². The second-order valence-electron chi connectivity index (χ2n) is 10.3. The standard InChI is InChI=1S/C19H21N3O2S.C14H11ClFN3.C2H6/c1-13-6-7-20-17-10-18(25-19(13)17)16-5-4-15(11-21-16)12-22(14(2)23)8-9-24-3;1-8-2-4-10(7-11(8)16)17-14-18-12-5-3-9(15)6-13(12)19-14;1-2/h4-7,10-11H,8-9,12H2,1-3H3;2-7H,1H3,(H2,17,18,19);1-2H3. The molecule has 240 valence electrons. The topological polar surface area (TPSA) is 96.0 Å². The number of benzene rings is 2. The van der Waals surface area contributed by atoms with Crippen LogP contribution in [0.3, 0.4) is 0 Å². The Labute approximate surface area is 277 Å². The number of fused-ring (bicyclic) bond motifs is 2. The number of nitrogens with zero attached hydrogens (tertiary/aromatic N) is 4. The second-order valence-corrected chi connectivity index (χ2v) is 11.8. The van der Waals surface area contributed by atoms with Crippen LogP contribution in [-0.2, 0) is 16.1 Å². The van der Waals surface area contributed by atoms with E-state index in [1.807, 2.05) is 50.5 Å². The summed E-state index contributed by atoms with van der Waals surface area (Å²) in [5.41, 5.74) is 7.07. The van der Waals surface area contributed by atoms with Crippen molar-refractivity contribution in [2.24, 2.45) is 0 Å². The lowest BCUT2D eigenvalue weighted by Gasteiger charge is -2.20. The third-order valence-corrected chi connectivity index (χ3v) is 8.47. The Morgan fingerprint density at radius 3 is 2.50 bits per heavy atom. The highest BCUT2D eigenvalue weighted by Crippen LogP contribution is 2.33. The molecule has 1 amide bonds. The fraction of sp³-hybridized carbons (Fsp3) is 0.257. The maximum absolute atomic E-state index is 13.5. The maximum Gasteiger partial charge on any atom is 0.219 e. The van der Waals surface area contributed by atoms with E-state index >= 15 is 0 Å². The first kappa shape index (κ1) is 34.5. The van der Waals surface area contributed by atoms with E-state index < -0.39 is 0 Å². The lowest BCUT2D eigenvalue weighted by molar-refractivity contribution is -0.130. The van der Waals surface area contributed by atoms with Gasteiger partial charge in [0, 0.05) is 50.2 Å². The van der Waals surface area contributed by atoms with Crippen LogP contribution in [0, 0.1) is 19.7 Å². The molecule has 0 spiro atoms. The summed E-state index contributed by atoms with van der Waals surface area (Å²) in [7, 11) is 1.64. The predicted octanol–water partition coefficient (Wildman–Crippen LogP) is 9.10. The zero-order valence-corrected chi connectivity index (χ0v) is 28.4. The minimum absolute atomic E-state index is 0.0344. The number of carbonyl (C=O) groups is 1. The molecule has 0 aliphatic carbocycles. The number of H-pyrrole nitrogens is 1. The van der Waals surface area contributed by atoms with E-state index in [0.717, 1.165) is 32.7 Å². The average molecular weight is 661 g/mol. The summed E-state index contributed by atoms with van der Waals surface area (Å²) in [6.07, 6.45) is 3.67. The zero-order valence-electron chi connectivity index (χ0n) is 26.8. The van der Waals surface area contributed by atoms with Crippen molar-refractivity contribution in [2.45, 2.75) is 41.2 Å². The van der Waals surface area contributed by atoms with E-state index in [-0.39, 0.29) is 11.7 Å². The molecule has 11 heteroatoms. The third kappa shape index (κ3) is 8.87. The highest BCUT2D eigenvalue weighted by molar-refractivity contribution is 7.22. The second kappa shape index (κ2) is 16.3. The fourth-order valence-corrected chi connectivity index (χ4v) is 5.71. The predicted molar refractivity (Wildman–Crippen MR) is 187 cm³/mol. The van der Waals surface area contributed by atoms with Gasteiger partial charge in [-0.05, 0) is 79.1 Å². The van der Waals surface area contributed by atoms with Gasteiger partial charge in [0.05, 0.1) is 38.4 Å². The van der Waals surface area contributed by atoms with Gasteiger partial charge in [-0.25, -0.2) is 9.37 Å². The van der Waals surface area contributed by atoms with E-state index in [0.29, 0.717) is 41.9 Å². The van der Waals surface area contributed by atoms with Crippen molar-refractivity contribution in [3.63, 3.8) is 0 Å². The smallest absolute Gasteiger partial charge is 0.219 e. The average Bonchev–Trinajstić information content (AvgIpc) is 3.67. The maximum atomic E-state index is 13.5. The van der Waals surface area contributed by atoms with Gasteiger partial charge >= 0.3 is 0 Å². The number of aromatic amines is 1. The fourth-order valence-electron chi connectivity index (χ4n) is 4.47. The molecule has 0 saturated carbocycles. The van der Waals surface area contributed by atoms with Gasteiger partial charge in [-0.3, -0.25) is 14.8 Å². The largest absolute Gasteiger partial charge is 0.383 e. The molecule has 4 heterocycles. The normalized spacial score (nSPS) is 10.6. The highest BCUT2D eigenvalue weighted by atomic mass is 35.5. The van der Waals surface area contributed by atoms with Crippen molar-refractivity contribution in [1.29, 1.82) is 0 Å². The number of thiophene rings is 1. The Hall–Kier alpha value is -4.38. The van der Waals surface area contributed by atoms with Gasteiger partial charge in [0.1, 0.15) is 5.82 Å². The van der Waals surface area contributed by atoms with Gasteiger partial charge < -0.3 is 19.9 Å². The van der Waals surface area contributed by atoms with Crippen LogP contribution in [0.15, 0.2) is 73.1 Å². The zero-order chi connectivity index (χ0) is 33.2. The molecule has 0 fully saturated rings. The van der Waals surface area contributed by atoms with Crippen LogP contribution >= 0.6 is 22.9 Å². The van der Waals surface area contributed by atoms with Crippen molar-refractivity contribution < 1.29 is 13.9 Å². The number of carbonyl (C=O) groups excluding carboxylic acids is 1. The van der Waals surface area contributed by atoms with Crippen molar-refractivity contribution in [3.8, 4) is 10.6 Å². The van der Waals surface area contributed by atoms with E-state index in [1.165, 1.54) is 16.3 Å². The van der Waals surface area contributed by atoms with Crippen LogP contribution < -0.4 is 5.32 Å². The molecule has 0 radical (unpaired) electrons. The SMILES string of the molecule is CC.COCCN(Cc1ccc(-c2cc3nccc(C)c3s2)nc1)C(C)=O.Cc1ccc(Nc2nc3ccc(Cl)cc3[nH]2)cc1F. The molecular weight excluding hydrogens is 623 g/mol. The molecule has 6 aromatic rings. The van der Waals surface area contributed by atoms with Crippen LogP contribution in [0.2, 0.25) is 5.02 Å². The third-order valence-electron chi connectivity index (χ3n) is 6.95. The van der Waals surface area contributed by atoms with Crippen LogP contribution in [0.1, 0.15) is 37.5 Å². The number of pyridine rings is 2. The van der Waals surface area contributed by atoms with Crippen LogP contribution in [0.5, 0.6) is 0 Å². The lowest BCUT2D eigenvalue weighted by Crippen LogP contribution is -2.31. The number of rotatable bonds is 8. The molecule has 6 rings (SSSR count). The molecule has 2 N–H and O–H groups in total. The van der Waals surface area contributed by atoms with Crippen LogP contribution in [-0.4, -0.2) is 51.0 Å². The summed E-state index contributed by atoms with van der Waals surface area (Å²) in [6.45, 7) is 11.0. The van der Waals surface area contributed by atoms with Gasteiger partial charge in [0.15, 0.2) is 0 Å². The summed E-state index contributed by atoms with van der Waals surface area (Å²) in [6, 6.07) is 18.5. The van der Waals surface area contributed by atoms with Crippen molar-refractivity contribution in [1.82, 2.24) is 24.8 Å². The van der Waals surface area contributed by atoms with Gasteiger partial charge in [-0.1, -0.05) is 37.6 Å². The van der Waals surface area contributed by atoms with Gasteiger partial charge in [-0.15, -0.1) is 11.3 Å². The lowest BCUT2D eigenvalue weighted by atomic mass is 10.2. The molecule has 0 aliphatic rings. The summed E-state index contributed by atoms with van der Waals surface area (Å²) >= 11 is 7.62. The summed E-state index contributed by atoms with van der Waals surface area (Å²) < 4.78 is 19.7. The first-order valence-electron chi connectivity index (χ1n) is 14.9. The minimum Gasteiger partial charge on any atom is -0.383 e. The molecule has 2 aromatic carbocycles. The summed E-state index contributed by atoms with van der Waals surface area (Å²) in [4.78, 5) is 31.0. The summed E-state index contributed by atoms with van der Waals surface area (Å²) in [5.74, 6) is 0.344. The van der Waals surface area contributed by atoms with Gasteiger partial charge in [0.25, 0.3) is 0 Å². The van der Waals surface area contributed by atoms with Crippen LogP contribution in [0.25, 0.3) is 31.8 Å². The number of imidazole rings is 1. The molecular formula is C35H38ClFN6O2S. The van der Waals surface area contributed by atoms with Crippen molar-refractivity contribution >= 4 is 61.7 Å². The first-order valence-corrected chi connectivity index (χ1v) is 16.1. The number of hydrogen-bond donors (Lipinski definition) is 2. The molecule has 0 saturated heterocycles. The van der Waals surface area contributed by atoms with Gasteiger partial charge in [0.2, 0.25) is 11.9 Å². The number of ether oxygens (including phenoxy) is 1. The minimum atomic E-state index is -0.246. The first-order chi connectivity index (χ1) is 22.2. The number of nitrogens with one attached hydrogen (secondary N) is 2.